The number of pyridine rings is 1. The van der Waals surface area contributed by atoms with E-state index in [1.165, 1.54) is 0 Å². The second-order valence-corrected chi connectivity index (χ2v) is 5.32. The van der Waals surface area contributed by atoms with Crippen LogP contribution in [0.2, 0.25) is 0 Å². The Morgan fingerprint density at radius 2 is 1.82 bits per heavy atom. The molecule has 2 heterocycles. The van der Waals surface area contributed by atoms with Crippen LogP contribution in [0.25, 0.3) is 33.2 Å². The molecule has 108 valence electrons. The van der Waals surface area contributed by atoms with Gasteiger partial charge in [0, 0.05) is 10.9 Å². The van der Waals surface area contributed by atoms with E-state index in [1.54, 1.807) is 18.2 Å². The van der Waals surface area contributed by atoms with Crippen molar-refractivity contribution in [2.24, 2.45) is 0 Å². The zero-order chi connectivity index (χ0) is 15.3. The number of nitrogens with zero attached hydrogens (tertiary/aromatic N) is 1. The number of hydrogen-bond acceptors (Lipinski definition) is 2. The van der Waals surface area contributed by atoms with E-state index < -0.39 is 0 Å². The molecule has 0 bridgehead atoms. The summed E-state index contributed by atoms with van der Waals surface area (Å²) in [6.07, 6.45) is 0. The third kappa shape index (κ3) is 1.90. The summed E-state index contributed by atoms with van der Waals surface area (Å²) in [4.78, 5) is 20.8. The zero-order valence-electron chi connectivity index (χ0n) is 11.8. The molecule has 5 heteroatoms. The summed E-state index contributed by atoms with van der Waals surface area (Å²) in [7, 11) is 0. The van der Waals surface area contributed by atoms with Crippen molar-refractivity contribution in [1.82, 2.24) is 15.0 Å². The number of aromatic nitrogens is 3. The maximum absolute atomic E-state index is 14.8. The molecule has 0 saturated carbocycles. The predicted molar refractivity (Wildman–Crippen MR) is 84.4 cm³/mol. The van der Waals surface area contributed by atoms with Gasteiger partial charge >= 0.3 is 5.69 Å². The van der Waals surface area contributed by atoms with Crippen LogP contribution in [0, 0.1) is 12.7 Å². The van der Waals surface area contributed by atoms with Crippen molar-refractivity contribution >= 4 is 22.1 Å². The second-order valence-electron chi connectivity index (χ2n) is 5.32. The number of imidazole rings is 1. The normalized spacial score (nSPS) is 11.4. The molecule has 0 aliphatic carbocycles. The van der Waals surface area contributed by atoms with E-state index in [4.69, 9.17) is 0 Å². The summed E-state index contributed by atoms with van der Waals surface area (Å²) in [5.41, 5.74) is 3.54. The molecule has 0 unspecified atom stereocenters. The van der Waals surface area contributed by atoms with Crippen LogP contribution in [-0.2, 0) is 0 Å². The van der Waals surface area contributed by atoms with Gasteiger partial charge in [-0.1, -0.05) is 29.8 Å². The average Bonchev–Trinajstić information content (AvgIpc) is 2.86. The number of hydrogen-bond donors (Lipinski definition) is 2. The molecule has 0 spiro atoms. The Kier molecular flexibility index (Phi) is 2.63. The molecule has 0 aliphatic heterocycles. The first-order chi connectivity index (χ1) is 10.6. The molecule has 2 N–H and O–H groups in total. The first-order valence-corrected chi connectivity index (χ1v) is 6.90. The van der Waals surface area contributed by atoms with Crippen molar-refractivity contribution in [3.63, 3.8) is 0 Å². The first kappa shape index (κ1) is 12.8. The lowest BCUT2D eigenvalue weighted by atomic mass is 10.0. The molecule has 4 aromatic rings. The topological polar surface area (TPSA) is 61.5 Å². The zero-order valence-corrected chi connectivity index (χ0v) is 11.8. The molecular formula is C17H12FN3O. The smallest absolute Gasteiger partial charge is 0.304 e. The molecule has 22 heavy (non-hydrogen) atoms. The van der Waals surface area contributed by atoms with E-state index in [1.807, 2.05) is 31.2 Å². The van der Waals surface area contributed by atoms with E-state index in [9.17, 15) is 9.18 Å². The Morgan fingerprint density at radius 1 is 1.05 bits per heavy atom. The predicted octanol–water partition coefficient (Wildman–Crippen LogP) is 3.52. The van der Waals surface area contributed by atoms with Crippen molar-refractivity contribution in [2.75, 3.05) is 0 Å². The van der Waals surface area contributed by atoms with E-state index in [2.05, 4.69) is 15.0 Å². The minimum Gasteiger partial charge on any atom is -0.304 e. The molecule has 2 aromatic carbocycles. The Bertz CT molecular complexity index is 1060. The lowest BCUT2D eigenvalue weighted by molar-refractivity contribution is 0.643. The highest BCUT2D eigenvalue weighted by molar-refractivity contribution is 5.92. The fourth-order valence-corrected chi connectivity index (χ4v) is 2.62. The third-order valence-corrected chi connectivity index (χ3v) is 3.78. The summed E-state index contributed by atoms with van der Waals surface area (Å²) in [6, 6.07) is 12.8. The van der Waals surface area contributed by atoms with Crippen molar-refractivity contribution in [3.05, 3.63) is 64.3 Å². The quantitative estimate of drug-likeness (QED) is 0.564. The summed E-state index contributed by atoms with van der Waals surface area (Å²) in [5, 5.41) is 0.390. The summed E-state index contributed by atoms with van der Waals surface area (Å²) in [6.45, 7) is 1.99. The van der Waals surface area contributed by atoms with Gasteiger partial charge in [0.15, 0.2) is 5.65 Å². The fraction of sp³-hybridized carbons (Fsp3) is 0.0588. The lowest BCUT2D eigenvalue weighted by Gasteiger charge is -2.07. The van der Waals surface area contributed by atoms with Crippen molar-refractivity contribution in [2.45, 2.75) is 6.92 Å². The maximum Gasteiger partial charge on any atom is 0.325 e. The van der Waals surface area contributed by atoms with Crippen LogP contribution in [0.15, 0.2) is 47.3 Å². The molecule has 0 aliphatic rings. The van der Waals surface area contributed by atoms with Crippen LogP contribution in [0.1, 0.15) is 5.56 Å². The van der Waals surface area contributed by atoms with Crippen LogP contribution in [-0.4, -0.2) is 15.0 Å². The molecule has 0 saturated heterocycles. The Morgan fingerprint density at radius 3 is 2.59 bits per heavy atom. The highest BCUT2D eigenvalue weighted by Crippen LogP contribution is 2.29. The number of H-pyrrole nitrogens is 2. The van der Waals surface area contributed by atoms with Gasteiger partial charge in [0.1, 0.15) is 5.82 Å². The Hall–Kier alpha value is -2.95. The molecule has 4 nitrogen and oxygen atoms in total. The number of nitrogens with one attached hydrogen (secondary N) is 2. The average molecular weight is 293 g/mol. The highest BCUT2D eigenvalue weighted by atomic mass is 19.1. The van der Waals surface area contributed by atoms with Crippen LogP contribution in [0.3, 0.4) is 0 Å². The largest absolute Gasteiger partial charge is 0.325 e. The van der Waals surface area contributed by atoms with Gasteiger partial charge in [0.2, 0.25) is 0 Å². The van der Waals surface area contributed by atoms with Crippen LogP contribution in [0.5, 0.6) is 0 Å². The van der Waals surface area contributed by atoms with Gasteiger partial charge < -0.3 is 4.98 Å². The third-order valence-electron chi connectivity index (χ3n) is 3.78. The number of fused-ring (bicyclic) bond motifs is 2. The molecule has 0 atom stereocenters. The number of benzene rings is 2. The second kappa shape index (κ2) is 4.53. The lowest BCUT2D eigenvalue weighted by Crippen LogP contribution is -1.99. The molecule has 4 rings (SSSR count). The summed E-state index contributed by atoms with van der Waals surface area (Å²) >= 11 is 0. The number of aryl methyl sites for hydroxylation is 1. The number of rotatable bonds is 1. The van der Waals surface area contributed by atoms with E-state index in [0.29, 0.717) is 27.6 Å². The summed E-state index contributed by atoms with van der Waals surface area (Å²) < 4.78 is 14.8. The van der Waals surface area contributed by atoms with Gasteiger partial charge in [0.25, 0.3) is 0 Å². The van der Waals surface area contributed by atoms with Crippen LogP contribution in [0.4, 0.5) is 4.39 Å². The van der Waals surface area contributed by atoms with Crippen molar-refractivity contribution in [1.29, 1.82) is 0 Å². The van der Waals surface area contributed by atoms with Gasteiger partial charge in [-0.05, 0) is 30.7 Å². The molecule has 0 fully saturated rings. The monoisotopic (exact) mass is 293 g/mol. The van der Waals surface area contributed by atoms with Gasteiger partial charge in [-0.3, -0.25) is 4.98 Å². The SMILES string of the molecule is Cc1ccc(-c2ccc3nc4[nH]c(=O)[nH]c4cc3c2F)cc1. The van der Waals surface area contributed by atoms with Crippen LogP contribution >= 0.6 is 0 Å². The van der Waals surface area contributed by atoms with Crippen molar-refractivity contribution < 1.29 is 4.39 Å². The van der Waals surface area contributed by atoms with Gasteiger partial charge in [-0.15, -0.1) is 0 Å². The van der Waals surface area contributed by atoms with E-state index in [0.717, 1.165) is 11.1 Å². The van der Waals surface area contributed by atoms with Gasteiger partial charge in [-0.2, -0.15) is 0 Å². The van der Waals surface area contributed by atoms with E-state index >= 15 is 0 Å². The fourth-order valence-electron chi connectivity index (χ4n) is 2.62. The summed E-state index contributed by atoms with van der Waals surface area (Å²) in [5.74, 6) is -0.335. The number of aromatic amines is 2. The van der Waals surface area contributed by atoms with E-state index in [-0.39, 0.29) is 11.5 Å². The minimum absolute atomic E-state index is 0.335. The molecule has 2 aromatic heterocycles. The first-order valence-electron chi connectivity index (χ1n) is 6.90. The minimum atomic E-state index is -0.350. The number of halogens is 1. The maximum atomic E-state index is 14.8. The van der Waals surface area contributed by atoms with Gasteiger partial charge in [0.05, 0.1) is 11.0 Å². The standard InChI is InChI=1S/C17H12FN3O/c1-9-2-4-10(5-3-9)11-6-7-13-12(15(11)18)8-14-16(19-13)21-17(22)20-14/h2-8H,1H3,(H2,19,20,21,22). The molecular weight excluding hydrogens is 281 g/mol. The molecule has 0 amide bonds. The highest BCUT2D eigenvalue weighted by Gasteiger charge is 2.12. The van der Waals surface area contributed by atoms with Gasteiger partial charge in [-0.25, -0.2) is 14.2 Å². The Labute approximate surface area is 124 Å². The molecule has 0 radical (unpaired) electrons. The van der Waals surface area contributed by atoms with Crippen molar-refractivity contribution in [3.8, 4) is 11.1 Å². The van der Waals surface area contributed by atoms with Crippen LogP contribution < -0.4 is 5.69 Å². The Balaban J connectivity index is 2.01.